The molecule has 0 bridgehead atoms. The number of hydrogen-bond acceptors (Lipinski definition) is 6. The van der Waals surface area contributed by atoms with Crippen LogP contribution < -0.4 is 4.74 Å². The summed E-state index contributed by atoms with van der Waals surface area (Å²) in [6.07, 6.45) is 10.2. The fourth-order valence-electron chi connectivity index (χ4n) is 5.00. The number of aromatic nitrogens is 1. The predicted octanol–water partition coefficient (Wildman–Crippen LogP) is 1.34. The van der Waals surface area contributed by atoms with E-state index in [0.29, 0.717) is 31.3 Å². The fourth-order valence-corrected chi connectivity index (χ4v) is 6.08. The van der Waals surface area contributed by atoms with Crippen molar-refractivity contribution in [3.8, 4) is 5.75 Å². The summed E-state index contributed by atoms with van der Waals surface area (Å²) in [6.45, 7) is 3.91. The maximum Gasteiger partial charge on any atom is 0.241 e. The van der Waals surface area contributed by atoms with Gasteiger partial charge in [-0.1, -0.05) is 6.42 Å². The number of amides is 1. The van der Waals surface area contributed by atoms with E-state index in [-0.39, 0.29) is 18.6 Å². The maximum atomic E-state index is 13.3. The van der Waals surface area contributed by atoms with Crippen molar-refractivity contribution in [3.63, 3.8) is 0 Å². The fraction of sp³-hybridized carbons (Fsp3) is 0.714. The molecule has 0 aliphatic carbocycles. The third kappa shape index (κ3) is 4.95. The Morgan fingerprint density at radius 1 is 1.13 bits per heavy atom. The van der Waals surface area contributed by atoms with E-state index < -0.39 is 16.1 Å². The quantitative estimate of drug-likeness (QED) is 0.693. The molecule has 0 aromatic carbocycles. The molecule has 166 valence electrons. The van der Waals surface area contributed by atoms with Crippen LogP contribution in [0.25, 0.3) is 0 Å². The second-order valence-corrected chi connectivity index (χ2v) is 10.6. The van der Waals surface area contributed by atoms with E-state index in [1.165, 1.54) is 29.8 Å². The zero-order valence-corrected chi connectivity index (χ0v) is 18.5. The first-order valence-corrected chi connectivity index (χ1v) is 12.8. The van der Waals surface area contributed by atoms with Crippen LogP contribution in [-0.2, 0) is 14.8 Å². The summed E-state index contributed by atoms with van der Waals surface area (Å²) in [5.41, 5.74) is 0. The van der Waals surface area contributed by atoms with Gasteiger partial charge in [-0.25, -0.2) is 8.42 Å². The van der Waals surface area contributed by atoms with Crippen LogP contribution in [0.3, 0.4) is 0 Å². The van der Waals surface area contributed by atoms with Crippen molar-refractivity contribution in [2.75, 3.05) is 39.0 Å². The Kier molecular flexibility index (Phi) is 6.60. The van der Waals surface area contributed by atoms with Crippen LogP contribution in [-0.4, -0.2) is 90.6 Å². The van der Waals surface area contributed by atoms with Crippen LogP contribution in [0.2, 0.25) is 0 Å². The molecule has 30 heavy (non-hydrogen) atoms. The molecule has 4 heterocycles. The normalized spacial score (nSPS) is 27.3. The molecule has 1 aromatic heterocycles. The Labute approximate surface area is 179 Å². The van der Waals surface area contributed by atoms with Crippen molar-refractivity contribution in [1.82, 2.24) is 19.1 Å². The number of likely N-dealkylation sites (tertiary alicyclic amines) is 2. The summed E-state index contributed by atoms with van der Waals surface area (Å²) in [5.74, 6) is 0.501. The van der Waals surface area contributed by atoms with Gasteiger partial charge in [0, 0.05) is 31.7 Å². The molecule has 3 aliphatic heterocycles. The molecule has 1 amide bonds. The Bertz CT molecular complexity index is 821. The van der Waals surface area contributed by atoms with Gasteiger partial charge in [-0.05, 0) is 50.9 Å². The van der Waals surface area contributed by atoms with E-state index in [1.54, 1.807) is 24.5 Å². The van der Waals surface area contributed by atoms with Crippen molar-refractivity contribution in [1.29, 1.82) is 0 Å². The largest absolute Gasteiger partial charge is 0.487 e. The third-order valence-corrected chi connectivity index (χ3v) is 7.80. The highest BCUT2D eigenvalue weighted by Crippen LogP contribution is 2.28. The van der Waals surface area contributed by atoms with Gasteiger partial charge in [0.1, 0.15) is 17.9 Å². The SMILES string of the molecule is CS(=O)(=O)N1CC(Oc2cccnc2)CC1C(=O)N1CCC(N2CCCCC2)CC1. The van der Waals surface area contributed by atoms with Gasteiger partial charge in [-0.15, -0.1) is 0 Å². The van der Waals surface area contributed by atoms with Gasteiger partial charge in [0.05, 0.1) is 19.0 Å². The molecule has 3 aliphatic rings. The molecule has 8 nitrogen and oxygen atoms in total. The molecule has 2 atom stereocenters. The second kappa shape index (κ2) is 9.20. The number of sulfonamides is 1. The topological polar surface area (TPSA) is 83.0 Å². The van der Waals surface area contributed by atoms with E-state index in [1.807, 2.05) is 4.90 Å². The number of pyridine rings is 1. The standard InChI is InChI=1S/C21H32N4O4S/c1-30(27,28)25-16-19(29-18-6-5-9-22-15-18)14-20(25)21(26)24-12-7-17(8-13-24)23-10-3-2-4-11-23/h5-6,9,15,17,19-20H,2-4,7-8,10-14,16H2,1H3. The van der Waals surface area contributed by atoms with E-state index in [2.05, 4.69) is 9.88 Å². The smallest absolute Gasteiger partial charge is 0.241 e. The van der Waals surface area contributed by atoms with Gasteiger partial charge in [0.15, 0.2) is 0 Å². The van der Waals surface area contributed by atoms with Crippen molar-refractivity contribution in [2.24, 2.45) is 0 Å². The van der Waals surface area contributed by atoms with Gasteiger partial charge in [0.2, 0.25) is 15.9 Å². The molecular weight excluding hydrogens is 404 g/mol. The first kappa shape index (κ1) is 21.5. The monoisotopic (exact) mass is 436 g/mol. The Morgan fingerprint density at radius 2 is 1.87 bits per heavy atom. The average molecular weight is 437 g/mol. The van der Waals surface area contributed by atoms with Crippen molar-refractivity contribution >= 4 is 15.9 Å². The number of nitrogens with zero attached hydrogens (tertiary/aromatic N) is 4. The number of carbonyl (C=O) groups excluding carboxylic acids is 1. The van der Waals surface area contributed by atoms with Crippen LogP contribution in [0.1, 0.15) is 38.5 Å². The van der Waals surface area contributed by atoms with Gasteiger partial charge >= 0.3 is 0 Å². The minimum Gasteiger partial charge on any atom is -0.487 e. The number of rotatable bonds is 5. The van der Waals surface area contributed by atoms with Crippen LogP contribution in [0.4, 0.5) is 0 Å². The molecular formula is C21H32N4O4S. The molecule has 4 rings (SSSR count). The lowest BCUT2D eigenvalue weighted by Crippen LogP contribution is -2.52. The Balaban J connectivity index is 1.38. The number of carbonyl (C=O) groups is 1. The zero-order chi connectivity index (χ0) is 21.1. The number of piperidine rings is 2. The lowest BCUT2D eigenvalue weighted by molar-refractivity contribution is -0.136. The molecule has 0 saturated carbocycles. The minimum absolute atomic E-state index is 0.0881. The summed E-state index contributed by atoms with van der Waals surface area (Å²) < 4.78 is 32.0. The van der Waals surface area contributed by atoms with E-state index in [0.717, 1.165) is 25.9 Å². The van der Waals surface area contributed by atoms with E-state index in [9.17, 15) is 13.2 Å². The molecule has 1 aromatic rings. The molecule has 3 saturated heterocycles. The second-order valence-electron chi connectivity index (χ2n) is 8.67. The summed E-state index contributed by atoms with van der Waals surface area (Å²) in [6, 6.07) is 3.42. The highest BCUT2D eigenvalue weighted by Gasteiger charge is 2.45. The number of hydrogen-bond donors (Lipinski definition) is 0. The Hall–Kier alpha value is -1.71. The summed E-state index contributed by atoms with van der Waals surface area (Å²) in [4.78, 5) is 21.7. The lowest BCUT2D eigenvalue weighted by atomic mass is 9.99. The molecule has 2 unspecified atom stereocenters. The van der Waals surface area contributed by atoms with Gasteiger partial charge < -0.3 is 14.5 Å². The summed E-state index contributed by atoms with van der Waals surface area (Å²) in [5, 5.41) is 0. The van der Waals surface area contributed by atoms with Crippen LogP contribution in [0.15, 0.2) is 24.5 Å². The lowest BCUT2D eigenvalue weighted by Gasteiger charge is -2.41. The van der Waals surface area contributed by atoms with Crippen LogP contribution in [0, 0.1) is 0 Å². The van der Waals surface area contributed by atoms with E-state index in [4.69, 9.17) is 4.74 Å². The zero-order valence-electron chi connectivity index (χ0n) is 17.6. The molecule has 0 spiro atoms. The van der Waals surface area contributed by atoms with Gasteiger partial charge in [-0.2, -0.15) is 4.31 Å². The minimum atomic E-state index is -3.51. The first-order chi connectivity index (χ1) is 14.4. The van der Waals surface area contributed by atoms with Gasteiger partial charge in [0.25, 0.3) is 0 Å². The van der Waals surface area contributed by atoms with Gasteiger partial charge in [-0.3, -0.25) is 9.78 Å². The molecule has 0 N–H and O–H groups in total. The van der Waals surface area contributed by atoms with Crippen molar-refractivity contribution in [3.05, 3.63) is 24.5 Å². The molecule has 0 radical (unpaired) electrons. The summed E-state index contributed by atoms with van der Waals surface area (Å²) >= 11 is 0. The number of ether oxygens (including phenoxy) is 1. The molecule has 9 heteroatoms. The van der Waals surface area contributed by atoms with Crippen molar-refractivity contribution in [2.45, 2.75) is 56.7 Å². The highest BCUT2D eigenvalue weighted by molar-refractivity contribution is 7.88. The Morgan fingerprint density at radius 3 is 2.50 bits per heavy atom. The van der Waals surface area contributed by atoms with Crippen molar-refractivity contribution < 1.29 is 17.9 Å². The van der Waals surface area contributed by atoms with Crippen LogP contribution in [0.5, 0.6) is 5.75 Å². The van der Waals surface area contributed by atoms with E-state index >= 15 is 0 Å². The molecule has 3 fully saturated rings. The summed E-state index contributed by atoms with van der Waals surface area (Å²) in [7, 11) is -3.51. The average Bonchev–Trinajstić information content (AvgIpc) is 3.19. The van der Waals surface area contributed by atoms with Crippen LogP contribution >= 0.6 is 0 Å². The third-order valence-electron chi connectivity index (χ3n) is 6.55. The highest BCUT2D eigenvalue weighted by atomic mass is 32.2. The first-order valence-electron chi connectivity index (χ1n) is 11.0. The predicted molar refractivity (Wildman–Crippen MR) is 114 cm³/mol. The maximum absolute atomic E-state index is 13.3.